The van der Waals surface area contributed by atoms with Crippen LogP contribution in [-0.2, 0) is 19.1 Å². The van der Waals surface area contributed by atoms with Gasteiger partial charge in [-0.25, -0.2) is 0 Å². The lowest BCUT2D eigenvalue weighted by Crippen LogP contribution is -2.28. The fourth-order valence-corrected chi connectivity index (χ4v) is 3.06. The van der Waals surface area contributed by atoms with Crippen LogP contribution < -0.4 is 15.0 Å². The van der Waals surface area contributed by atoms with Crippen LogP contribution in [-0.4, -0.2) is 43.0 Å². The molecule has 1 aliphatic heterocycles. The largest absolute Gasteiger partial charge is 0.495 e. The number of esters is 1. The zero-order valence-corrected chi connectivity index (χ0v) is 16.1. The smallest absolute Gasteiger partial charge is 0.311 e. The minimum atomic E-state index is -0.730. The molecule has 0 spiro atoms. The first-order chi connectivity index (χ1) is 14.4. The molecule has 156 valence electrons. The number of nitrogens with zero attached hydrogens (tertiary/aromatic N) is 2. The quantitative estimate of drug-likeness (QED) is 0.418. The summed E-state index contributed by atoms with van der Waals surface area (Å²) < 4.78 is 10.2. The van der Waals surface area contributed by atoms with E-state index >= 15 is 0 Å². The third-order valence-electron chi connectivity index (χ3n) is 4.56. The standard InChI is InChI=1S/C20H19N3O7/c1-29-17-5-3-2-4-16(17)21-18(24)12-30-20(26)13-10-19(25)22(11-13)14-6-8-15(9-7-14)23(27)28/h2-9,13H,10-12H2,1H3,(H,21,24)/t13-/m0/s1. The van der Waals surface area contributed by atoms with Crippen molar-refractivity contribution < 1.29 is 28.8 Å². The number of hydrogen-bond donors (Lipinski definition) is 1. The van der Waals surface area contributed by atoms with Gasteiger partial charge in [0.15, 0.2) is 6.61 Å². The fraction of sp³-hybridized carbons (Fsp3) is 0.250. The van der Waals surface area contributed by atoms with Crippen molar-refractivity contribution in [3.8, 4) is 5.75 Å². The number of methoxy groups -OCH3 is 1. The van der Waals surface area contributed by atoms with Gasteiger partial charge in [0.2, 0.25) is 5.91 Å². The maximum absolute atomic E-state index is 12.3. The summed E-state index contributed by atoms with van der Waals surface area (Å²) in [5, 5.41) is 13.3. The molecule has 2 aromatic carbocycles. The van der Waals surface area contributed by atoms with Crippen LogP contribution >= 0.6 is 0 Å². The molecule has 0 bridgehead atoms. The molecule has 2 aromatic rings. The van der Waals surface area contributed by atoms with Gasteiger partial charge in [-0.3, -0.25) is 24.5 Å². The van der Waals surface area contributed by atoms with E-state index < -0.39 is 29.3 Å². The first-order valence-electron chi connectivity index (χ1n) is 9.03. The van der Waals surface area contributed by atoms with Crippen LogP contribution in [0.1, 0.15) is 6.42 Å². The fourth-order valence-electron chi connectivity index (χ4n) is 3.06. The SMILES string of the molecule is COc1ccccc1NC(=O)COC(=O)[C@H]1CC(=O)N(c2ccc([N+](=O)[O-])cc2)C1. The summed E-state index contributed by atoms with van der Waals surface area (Å²) in [5.41, 5.74) is 0.804. The van der Waals surface area contributed by atoms with E-state index in [2.05, 4.69) is 5.32 Å². The van der Waals surface area contributed by atoms with Crippen LogP contribution in [0.5, 0.6) is 5.75 Å². The van der Waals surface area contributed by atoms with E-state index in [0.29, 0.717) is 17.1 Å². The van der Waals surface area contributed by atoms with Gasteiger partial charge in [-0.15, -0.1) is 0 Å². The zero-order valence-electron chi connectivity index (χ0n) is 16.1. The Hall–Kier alpha value is -3.95. The number of nitrogens with one attached hydrogen (secondary N) is 1. The molecule has 10 nitrogen and oxygen atoms in total. The molecule has 1 N–H and O–H groups in total. The molecule has 0 radical (unpaired) electrons. The number of non-ortho nitro benzene ring substituents is 1. The number of ether oxygens (including phenoxy) is 2. The van der Waals surface area contributed by atoms with Crippen molar-refractivity contribution in [3.63, 3.8) is 0 Å². The number of carbonyl (C=O) groups is 3. The number of nitro groups is 1. The Morgan fingerprint density at radius 2 is 1.90 bits per heavy atom. The number of hydrogen-bond acceptors (Lipinski definition) is 7. The number of benzene rings is 2. The normalized spacial score (nSPS) is 15.6. The summed E-state index contributed by atoms with van der Waals surface area (Å²) in [5.74, 6) is -1.76. The van der Waals surface area contributed by atoms with Crippen molar-refractivity contribution in [1.29, 1.82) is 0 Å². The molecule has 1 heterocycles. The number of para-hydroxylation sites is 2. The van der Waals surface area contributed by atoms with Gasteiger partial charge in [0, 0.05) is 30.8 Å². The summed E-state index contributed by atoms with van der Waals surface area (Å²) in [4.78, 5) is 48.2. The molecule has 1 atom stereocenters. The van der Waals surface area contributed by atoms with Crippen molar-refractivity contribution in [2.24, 2.45) is 5.92 Å². The average molecular weight is 413 g/mol. The third kappa shape index (κ3) is 4.72. The van der Waals surface area contributed by atoms with Gasteiger partial charge in [0.25, 0.3) is 11.6 Å². The minimum absolute atomic E-state index is 0.0655. The molecule has 0 unspecified atom stereocenters. The summed E-state index contributed by atoms with van der Waals surface area (Å²) in [7, 11) is 1.47. The maximum Gasteiger partial charge on any atom is 0.311 e. The van der Waals surface area contributed by atoms with Gasteiger partial charge >= 0.3 is 5.97 Å². The van der Waals surface area contributed by atoms with Crippen LogP contribution in [0.25, 0.3) is 0 Å². The first-order valence-corrected chi connectivity index (χ1v) is 9.03. The van der Waals surface area contributed by atoms with Crippen molar-refractivity contribution in [2.45, 2.75) is 6.42 Å². The van der Waals surface area contributed by atoms with Crippen LogP contribution in [0.2, 0.25) is 0 Å². The second-order valence-electron chi connectivity index (χ2n) is 6.54. The third-order valence-corrected chi connectivity index (χ3v) is 4.56. The van der Waals surface area contributed by atoms with Gasteiger partial charge in [-0.05, 0) is 24.3 Å². The molecule has 1 fully saturated rings. The van der Waals surface area contributed by atoms with Crippen molar-refractivity contribution in [1.82, 2.24) is 0 Å². The van der Waals surface area contributed by atoms with Crippen LogP contribution in [0, 0.1) is 16.0 Å². The molecule has 0 aliphatic carbocycles. The molecule has 0 aromatic heterocycles. The topological polar surface area (TPSA) is 128 Å². The van der Waals surface area contributed by atoms with Gasteiger partial charge < -0.3 is 19.7 Å². The molecule has 1 saturated heterocycles. The van der Waals surface area contributed by atoms with E-state index in [-0.39, 0.29) is 24.6 Å². The van der Waals surface area contributed by atoms with E-state index in [1.54, 1.807) is 24.3 Å². The first kappa shape index (κ1) is 20.8. The molecule has 30 heavy (non-hydrogen) atoms. The monoisotopic (exact) mass is 413 g/mol. The second-order valence-corrected chi connectivity index (χ2v) is 6.54. The van der Waals surface area contributed by atoms with Gasteiger partial charge in [-0.2, -0.15) is 0 Å². The predicted octanol–water partition coefficient (Wildman–Crippen LogP) is 2.14. The molecular formula is C20H19N3O7. The molecule has 1 aliphatic rings. The Morgan fingerprint density at radius 3 is 2.57 bits per heavy atom. The lowest BCUT2D eigenvalue weighted by atomic mass is 10.1. The van der Waals surface area contributed by atoms with E-state index in [1.807, 2.05) is 0 Å². The van der Waals surface area contributed by atoms with Crippen LogP contribution in [0.3, 0.4) is 0 Å². The molecule has 2 amide bonds. The Balaban J connectivity index is 1.54. The average Bonchev–Trinajstić information content (AvgIpc) is 3.14. The van der Waals surface area contributed by atoms with Gasteiger partial charge in [-0.1, -0.05) is 12.1 Å². The number of nitro benzene ring substituents is 1. The van der Waals surface area contributed by atoms with Crippen LogP contribution in [0.15, 0.2) is 48.5 Å². The zero-order chi connectivity index (χ0) is 21.7. The Kier molecular flexibility index (Phi) is 6.26. The van der Waals surface area contributed by atoms with Crippen LogP contribution in [0.4, 0.5) is 17.1 Å². The highest BCUT2D eigenvalue weighted by Crippen LogP contribution is 2.27. The highest BCUT2D eigenvalue weighted by molar-refractivity contribution is 6.00. The highest BCUT2D eigenvalue weighted by atomic mass is 16.6. The summed E-state index contributed by atoms with van der Waals surface area (Å²) in [6.07, 6.45) is -0.0655. The number of anilines is 2. The Morgan fingerprint density at radius 1 is 1.20 bits per heavy atom. The number of rotatable bonds is 7. The number of carbonyl (C=O) groups excluding carboxylic acids is 3. The highest BCUT2D eigenvalue weighted by Gasteiger charge is 2.36. The molecule has 3 rings (SSSR count). The lowest BCUT2D eigenvalue weighted by molar-refractivity contribution is -0.384. The summed E-state index contributed by atoms with van der Waals surface area (Å²) >= 11 is 0. The van der Waals surface area contributed by atoms with Crippen molar-refractivity contribution in [3.05, 3.63) is 58.6 Å². The summed E-state index contributed by atoms with van der Waals surface area (Å²) in [6, 6.07) is 12.3. The van der Waals surface area contributed by atoms with Crippen molar-refractivity contribution in [2.75, 3.05) is 30.5 Å². The molecular weight excluding hydrogens is 394 g/mol. The Bertz CT molecular complexity index is 975. The lowest BCUT2D eigenvalue weighted by Gasteiger charge is -2.16. The second kappa shape index (κ2) is 9.03. The predicted molar refractivity (Wildman–Crippen MR) is 106 cm³/mol. The molecule has 0 saturated carbocycles. The van der Waals surface area contributed by atoms with E-state index in [0.717, 1.165) is 0 Å². The van der Waals surface area contributed by atoms with E-state index in [9.17, 15) is 24.5 Å². The number of amides is 2. The van der Waals surface area contributed by atoms with Crippen molar-refractivity contribution >= 4 is 34.8 Å². The van der Waals surface area contributed by atoms with Gasteiger partial charge in [0.1, 0.15) is 5.75 Å². The molecule has 10 heteroatoms. The van der Waals surface area contributed by atoms with Gasteiger partial charge in [0.05, 0.1) is 23.6 Å². The summed E-state index contributed by atoms with van der Waals surface area (Å²) in [6.45, 7) is -0.428. The maximum atomic E-state index is 12.3. The van der Waals surface area contributed by atoms with E-state index in [4.69, 9.17) is 9.47 Å². The Labute approximate surface area is 171 Å². The minimum Gasteiger partial charge on any atom is -0.495 e. The van der Waals surface area contributed by atoms with E-state index in [1.165, 1.54) is 36.3 Å².